The minimum absolute atomic E-state index is 0.0333. The average molecular weight is 353 g/mol. The second kappa shape index (κ2) is 9.09. The summed E-state index contributed by atoms with van der Waals surface area (Å²) in [6.45, 7) is 9.67. The molecule has 0 spiro atoms. The normalized spacial score (nSPS) is 11.7. The zero-order valence-corrected chi connectivity index (χ0v) is 15.9. The number of ether oxygens (including phenoxy) is 2. The maximum Gasteiger partial charge on any atom is 0.252 e. The first-order valence-corrected chi connectivity index (χ1v) is 8.81. The lowest BCUT2D eigenvalue weighted by Gasteiger charge is -2.21. The van der Waals surface area contributed by atoms with E-state index in [0.717, 1.165) is 11.1 Å². The standard InChI is InChI=1S/C22H27NO3/c1-6-10-18-19(13-14-20(25-5)21(18)26-15(2)3)22(24)23-16(4)17-11-8-7-9-12-17/h6-9,11-16H,1,10H2,2-5H3,(H,23,24)/t16-/m0/s1. The summed E-state index contributed by atoms with van der Waals surface area (Å²) in [4.78, 5) is 12.9. The summed E-state index contributed by atoms with van der Waals surface area (Å²) < 4.78 is 11.4. The van der Waals surface area contributed by atoms with Gasteiger partial charge in [0.25, 0.3) is 5.91 Å². The van der Waals surface area contributed by atoms with Gasteiger partial charge in [-0.2, -0.15) is 0 Å². The molecule has 4 heteroatoms. The third kappa shape index (κ3) is 4.66. The minimum Gasteiger partial charge on any atom is -0.493 e. The lowest BCUT2D eigenvalue weighted by molar-refractivity contribution is 0.0938. The zero-order chi connectivity index (χ0) is 19.1. The van der Waals surface area contributed by atoms with Crippen molar-refractivity contribution in [2.24, 2.45) is 0 Å². The largest absolute Gasteiger partial charge is 0.493 e. The van der Waals surface area contributed by atoms with E-state index in [1.54, 1.807) is 25.3 Å². The van der Waals surface area contributed by atoms with Crippen molar-refractivity contribution in [3.63, 3.8) is 0 Å². The molecule has 0 radical (unpaired) electrons. The van der Waals surface area contributed by atoms with Crippen LogP contribution in [0.15, 0.2) is 55.1 Å². The van der Waals surface area contributed by atoms with E-state index in [9.17, 15) is 4.79 Å². The Bertz CT molecular complexity index is 753. The molecule has 1 N–H and O–H groups in total. The number of amides is 1. The molecular weight excluding hydrogens is 326 g/mol. The van der Waals surface area contributed by atoms with Gasteiger partial charge in [-0.15, -0.1) is 6.58 Å². The highest BCUT2D eigenvalue weighted by molar-refractivity contribution is 5.97. The fraction of sp³-hybridized carbons (Fsp3) is 0.318. The van der Waals surface area contributed by atoms with Gasteiger partial charge in [0.1, 0.15) is 0 Å². The van der Waals surface area contributed by atoms with Crippen molar-refractivity contribution in [3.05, 3.63) is 71.8 Å². The van der Waals surface area contributed by atoms with E-state index in [1.165, 1.54) is 0 Å². The van der Waals surface area contributed by atoms with Gasteiger partial charge < -0.3 is 14.8 Å². The number of hydrogen-bond donors (Lipinski definition) is 1. The molecule has 0 unspecified atom stereocenters. The molecule has 0 aromatic heterocycles. The van der Waals surface area contributed by atoms with Crippen LogP contribution in [-0.4, -0.2) is 19.1 Å². The molecule has 0 aliphatic carbocycles. The second-order valence-electron chi connectivity index (χ2n) is 6.39. The highest BCUT2D eigenvalue weighted by Crippen LogP contribution is 2.35. The molecule has 0 heterocycles. The summed E-state index contributed by atoms with van der Waals surface area (Å²) in [6.07, 6.45) is 2.25. The van der Waals surface area contributed by atoms with Gasteiger partial charge in [-0.25, -0.2) is 0 Å². The molecule has 2 aromatic rings. The van der Waals surface area contributed by atoms with Crippen molar-refractivity contribution < 1.29 is 14.3 Å². The Morgan fingerprint density at radius 2 is 1.85 bits per heavy atom. The van der Waals surface area contributed by atoms with Crippen molar-refractivity contribution in [2.75, 3.05) is 7.11 Å². The molecule has 0 aliphatic rings. The van der Waals surface area contributed by atoms with E-state index in [1.807, 2.05) is 51.1 Å². The molecule has 138 valence electrons. The van der Waals surface area contributed by atoms with Gasteiger partial charge in [0.2, 0.25) is 0 Å². The molecule has 0 fully saturated rings. The van der Waals surface area contributed by atoms with Crippen LogP contribution in [0.2, 0.25) is 0 Å². The predicted molar refractivity (Wildman–Crippen MR) is 105 cm³/mol. The van der Waals surface area contributed by atoms with Crippen LogP contribution >= 0.6 is 0 Å². The molecule has 0 saturated heterocycles. The molecule has 0 saturated carbocycles. The van der Waals surface area contributed by atoms with Crippen molar-refractivity contribution in [2.45, 2.75) is 39.3 Å². The number of rotatable bonds is 8. The van der Waals surface area contributed by atoms with Gasteiger partial charge in [-0.05, 0) is 44.9 Å². The van der Waals surface area contributed by atoms with Gasteiger partial charge >= 0.3 is 0 Å². The van der Waals surface area contributed by atoms with Gasteiger partial charge in [-0.3, -0.25) is 4.79 Å². The monoisotopic (exact) mass is 353 g/mol. The Morgan fingerprint density at radius 1 is 1.15 bits per heavy atom. The van der Waals surface area contributed by atoms with E-state index in [4.69, 9.17) is 9.47 Å². The highest BCUT2D eigenvalue weighted by atomic mass is 16.5. The summed E-state index contributed by atoms with van der Waals surface area (Å²) in [7, 11) is 1.59. The van der Waals surface area contributed by atoms with Crippen molar-refractivity contribution in [3.8, 4) is 11.5 Å². The summed E-state index contributed by atoms with van der Waals surface area (Å²) in [6, 6.07) is 13.3. The van der Waals surface area contributed by atoms with Crippen LogP contribution in [0.1, 0.15) is 48.3 Å². The van der Waals surface area contributed by atoms with Gasteiger partial charge in [0.15, 0.2) is 11.5 Å². The fourth-order valence-corrected chi connectivity index (χ4v) is 2.79. The molecule has 2 rings (SSSR count). The third-order valence-electron chi connectivity index (χ3n) is 4.04. The highest BCUT2D eigenvalue weighted by Gasteiger charge is 2.21. The maximum atomic E-state index is 12.9. The van der Waals surface area contributed by atoms with E-state index < -0.39 is 0 Å². The Kier molecular flexibility index (Phi) is 6.84. The topological polar surface area (TPSA) is 47.6 Å². The molecule has 2 aromatic carbocycles. The van der Waals surface area contributed by atoms with Gasteiger partial charge in [0.05, 0.1) is 19.3 Å². The van der Waals surface area contributed by atoms with Crippen LogP contribution in [-0.2, 0) is 6.42 Å². The molecule has 0 aliphatic heterocycles. The van der Waals surface area contributed by atoms with Crippen LogP contribution < -0.4 is 14.8 Å². The molecule has 1 amide bonds. The number of hydrogen-bond acceptors (Lipinski definition) is 3. The first-order chi connectivity index (χ1) is 12.5. The number of methoxy groups -OCH3 is 1. The first kappa shape index (κ1) is 19.6. The molecule has 1 atom stereocenters. The van der Waals surface area contributed by atoms with Crippen LogP contribution in [0.4, 0.5) is 0 Å². The Labute approximate surface area is 155 Å². The summed E-state index contributed by atoms with van der Waals surface area (Å²) in [5.41, 5.74) is 2.41. The fourth-order valence-electron chi connectivity index (χ4n) is 2.79. The van der Waals surface area contributed by atoms with E-state index in [0.29, 0.717) is 23.5 Å². The average Bonchev–Trinajstić information content (AvgIpc) is 2.63. The van der Waals surface area contributed by atoms with Crippen molar-refractivity contribution in [1.82, 2.24) is 5.32 Å². The van der Waals surface area contributed by atoms with Crippen molar-refractivity contribution in [1.29, 1.82) is 0 Å². The van der Waals surface area contributed by atoms with Gasteiger partial charge in [0, 0.05) is 11.1 Å². The first-order valence-electron chi connectivity index (χ1n) is 8.81. The molecular formula is C22H27NO3. The number of carbonyl (C=O) groups excluding carboxylic acids is 1. The van der Waals surface area contributed by atoms with Crippen LogP contribution in [0.5, 0.6) is 11.5 Å². The number of carbonyl (C=O) groups is 1. The minimum atomic E-state index is -0.144. The smallest absolute Gasteiger partial charge is 0.252 e. The Hall–Kier alpha value is -2.75. The lowest BCUT2D eigenvalue weighted by Crippen LogP contribution is -2.28. The summed E-state index contributed by atoms with van der Waals surface area (Å²) in [5.74, 6) is 1.07. The van der Waals surface area contributed by atoms with E-state index in [-0.39, 0.29) is 18.1 Å². The SMILES string of the molecule is C=CCc1c(C(=O)N[C@@H](C)c2ccccc2)ccc(OC)c1OC(C)C. The van der Waals surface area contributed by atoms with Crippen LogP contribution in [0, 0.1) is 0 Å². The van der Waals surface area contributed by atoms with Gasteiger partial charge in [-0.1, -0.05) is 36.4 Å². The predicted octanol–water partition coefficient (Wildman–Crippen LogP) is 4.70. The third-order valence-corrected chi connectivity index (χ3v) is 4.04. The number of allylic oxidation sites excluding steroid dienone is 1. The Morgan fingerprint density at radius 3 is 2.42 bits per heavy atom. The summed E-state index contributed by atoms with van der Waals surface area (Å²) in [5, 5.41) is 3.06. The van der Waals surface area contributed by atoms with Crippen LogP contribution in [0.25, 0.3) is 0 Å². The molecule has 0 bridgehead atoms. The Balaban J connectivity index is 2.37. The van der Waals surface area contributed by atoms with Crippen molar-refractivity contribution >= 4 is 5.91 Å². The quantitative estimate of drug-likeness (QED) is 0.700. The zero-order valence-electron chi connectivity index (χ0n) is 15.9. The second-order valence-corrected chi connectivity index (χ2v) is 6.39. The van der Waals surface area contributed by atoms with E-state index in [2.05, 4.69) is 11.9 Å². The number of nitrogens with one attached hydrogen (secondary N) is 1. The van der Waals surface area contributed by atoms with Crippen LogP contribution in [0.3, 0.4) is 0 Å². The number of benzene rings is 2. The lowest BCUT2D eigenvalue weighted by atomic mass is 10.0. The van der Waals surface area contributed by atoms with E-state index >= 15 is 0 Å². The molecule has 4 nitrogen and oxygen atoms in total. The molecule has 26 heavy (non-hydrogen) atoms. The maximum absolute atomic E-state index is 12.9. The summed E-state index contributed by atoms with van der Waals surface area (Å²) >= 11 is 0.